The van der Waals surface area contributed by atoms with Crippen LogP contribution in [0, 0.1) is 0 Å². The Hall–Kier alpha value is -0.610. The third kappa shape index (κ3) is 5.36. The SMILES string of the molecule is CCOC(=O)C(C)(CCCOC(C)C)NC1CC1. The molecule has 0 saturated heterocycles. The van der Waals surface area contributed by atoms with Crippen molar-refractivity contribution in [3.05, 3.63) is 0 Å². The van der Waals surface area contributed by atoms with Gasteiger partial charge in [0.1, 0.15) is 5.54 Å². The van der Waals surface area contributed by atoms with Crippen LogP contribution in [0.2, 0.25) is 0 Å². The standard InChI is InChI=1S/C14H27NO3/c1-5-17-13(16)14(4,15-12-7-8-12)9-6-10-18-11(2)3/h11-12,15H,5-10H2,1-4H3. The summed E-state index contributed by atoms with van der Waals surface area (Å²) >= 11 is 0. The van der Waals surface area contributed by atoms with Crippen LogP contribution in [0.5, 0.6) is 0 Å². The number of ether oxygens (including phenoxy) is 2. The molecular weight excluding hydrogens is 230 g/mol. The summed E-state index contributed by atoms with van der Waals surface area (Å²) in [5.41, 5.74) is -0.558. The van der Waals surface area contributed by atoms with Gasteiger partial charge in [-0.2, -0.15) is 0 Å². The van der Waals surface area contributed by atoms with E-state index in [-0.39, 0.29) is 12.1 Å². The monoisotopic (exact) mass is 257 g/mol. The molecule has 0 aromatic rings. The van der Waals surface area contributed by atoms with Crippen LogP contribution in [0.4, 0.5) is 0 Å². The molecule has 106 valence electrons. The number of carbonyl (C=O) groups excluding carboxylic acids is 1. The molecule has 1 aliphatic rings. The van der Waals surface area contributed by atoms with E-state index in [0.29, 0.717) is 19.3 Å². The fourth-order valence-corrected chi connectivity index (χ4v) is 1.95. The van der Waals surface area contributed by atoms with E-state index in [4.69, 9.17) is 9.47 Å². The quantitative estimate of drug-likeness (QED) is 0.508. The summed E-state index contributed by atoms with van der Waals surface area (Å²) in [6.07, 6.45) is 4.20. The van der Waals surface area contributed by atoms with Crippen molar-refractivity contribution in [3.63, 3.8) is 0 Å². The molecule has 0 aromatic heterocycles. The second-order valence-corrected chi connectivity index (χ2v) is 5.49. The minimum Gasteiger partial charge on any atom is -0.465 e. The van der Waals surface area contributed by atoms with Crippen LogP contribution in [-0.2, 0) is 14.3 Å². The van der Waals surface area contributed by atoms with Crippen molar-refractivity contribution < 1.29 is 14.3 Å². The van der Waals surface area contributed by atoms with Crippen molar-refractivity contribution in [1.29, 1.82) is 0 Å². The normalized spacial score (nSPS) is 18.7. The fraction of sp³-hybridized carbons (Fsp3) is 0.929. The van der Waals surface area contributed by atoms with Gasteiger partial charge in [0.05, 0.1) is 12.7 Å². The van der Waals surface area contributed by atoms with Crippen molar-refractivity contribution in [2.24, 2.45) is 0 Å². The number of esters is 1. The summed E-state index contributed by atoms with van der Waals surface area (Å²) in [7, 11) is 0. The van der Waals surface area contributed by atoms with Crippen LogP contribution < -0.4 is 5.32 Å². The molecule has 0 aromatic carbocycles. The van der Waals surface area contributed by atoms with Crippen LogP contribution in [0.1, 0.15) is 53.4 Å². The van der Waals surface area contributed by atoms with Gasteiger partial charge < -0.3 is 9.47 Å². The highest BCUT2D eigenvalue weighted by atomic mass is 16.5. The maximum atomic E-state index is 12.0. The Bertz CT molecular complexity index is 264. The minimum absolute atomic E-state index is 0.138. The molecule has 1 fully saturated rings. The lowest BCUT2D eigenvalue weighted by Crippen LogP contribution is -2.51. The molecule has 1 saturated carbocycles. The van der Waals surface area contributed by atoms with E-state index in [2.05, 4.69) is 5.32 Å². The zero-order valence-corrected chi connectivity index (χ0v) is 12.1. The molecule has 1 N–H and O–H groups in total. The summed E-state index contributed by atoms with van der Waals surface area (Å²) < 4.78 is 10.7. The highest BCUT2D eigenvalue weighted by Gasteiger charge is 2.39. The number of rotatable bonds is 9. The van der Waals surface area contributed by atoms with Crippen LogP contribution in [-0.4, -0.2) is 36.9 Å². The molecule has 0 bridgehead atoms. The van der Waals surface area contributed by atoms with Gasteiger partial charge in [-0.15, -0.1) is 0 Å². The summed E-state index contributed by atoms with van der Waals surface area (Å²) in [6.45, 7) is 8.96. The smallest absolute Gasteiger partial charge is 0.326 e. The van der Waals surface area contributed by atoms with Crippen LogP contribution in [0.25, 0.3) is 0 Å². The molecule has 4 nitrogen and oxygen atoms in total. The number of hydrogen-bond donors (Lipinski definition) is 1. The van der Waals surface area contributed by atoms with Crippen LogP contribution in [0.15, 0.2) is 0 Å². The van der Waals surface area contributed by atoms with Crippen molar-refractivity contribution in [2.45, 2.75) is 71.1 Å². The van der Waals surface area contributed by atoms with E-state index < -0.39 is 5.54 Å². The van der Waals surface area contributed by atoms with E-state index >= 15 is 0 Å². The number of hydrogen-bond acceptors (Lipinski definition) is 4. The minimum atomic E-state index is -0.558. The average molecular weight is 257 g/mol. The number of nitrogens with one attached hydrogen (secondary N) is 1. The third-order valence-electron chi connectivity index (χ3n) is 3.10. The van der Waals surface area contributed by atoms with Crippen molar-refractivity contribution >= 4 is 5.97 Å². The van der Waals surface area contributed by atoms with E-state index in [1.165, 1.54) is 0 Å². The summed E-state index contributed by atoms with van der Waals surface area (Å²) in [5.74, 6) is -0.138. The lowest BCUT2D eigenvalue weighted by atomic mass is 9.95. The van der Waals surface area contributed by atoms with E-state index in [9.17, 15) is 4.79 Å². The molecule has 0 heterocycles. The first-order valence-corrected chi connectivity index (χ1v) is 7.04. The van der Waals surface area contributed by atoms with Gasteiger partial charge in [0.2, 0.25) is 0 Å². The largest absolute Gasteiger partial charge is 0.465 e. The maximum Gasteiger partial charge on any atom is 0.326 e. The lowest BCUT2D eigenvalue weighted by molar-refractivity contribution is -0.151. The van der Waals surface area contributed by atoms with Gasteiger partial charge in [0, 0.05) is 12.6 Å². The van der Waals surface area contributed by atoms with Crippen molar-refractivity contribution in [1.82, 2.24) is 5.32 Å². The van der Waals surface area contributed by atoms with Crippen LogP contribution >= 0.6 is 0 Å². The Morgan fingerprint density at radius 3 is 2.61 bits per heavy atom. The predicted octanol–water partition coefficient (Wildman–Crippen LogP) is 2.27. The Balaban J connectivity index is 2.40. The summed E-state index contributed by atoms with van der Waals surface area (Å²) in [4.78, 5) is 12.0. The molecular formula is C14H27NO3. The highest BCUT2D eigenvalue weighted by molar-refractivity contribution is 5.80. The van der Waals surface area contributed by atoms with Gasteiger partial charge in [-0.3, -0.25) is 10.1 Å². The molecule has 0 amide bonds. The topological polar surface area (TPSA) is 47.6 Å². The molecule has 4 heteroatoms. The molecule has 1 unspecified atom stereocenters. The van der Waals surface area contributed by atoms with Gasteiger partial charge in [-0.05, 0) is 53.4 Å². The Morgan fingerprint density at radius 1 is 1.44 bits per heavy atom. The Kier molecular flexibility index (Phi) is 6.09. The first kappa shape index (κ1) is 15.4. The average Bonchev–Trinajstić information content (AvgIpc) is 3.08. The maximum absolute atomic E-state index is 12.0. The third-order valence-corrected chi connectivity index (χ3v) is 3.10. The van der Waals surface area contributed by atoms with Gasteiger partial charge in [0.25, 0.3) is 0 Å². The van der Waals surface area contributed by atoms with E-state index in [1.807, 2.05) is 27.7 Å². The van der Waals surface area contributed by atoms with Gasteiger partial charge >= 0.3 is 5.97 Å². The molecule has 1 atom stereocenters. The van der Waals surface area contributed by atoms with E-state index in [0.717, 1.165) is 25.7 Å². The molecule has 0 radical (unpaired) electrons. The summed E-state index contributed by atoms with van der Waals surface area (Å²) in [6, 6.07) is 0.491. The molecule has 1 aliphatic carbocycles. The zero-order valence-electron chi connectivity index (χ0n) is 12.1. The molecule has 0 spiro atoms. The van der Waals surface area contributed by atoms with Gasteiger partial charge in [0.15, 0.2) is 0 Å². The zero-order chi connectivity index (χ0) is 13.6. The first-order chi connectivity index (χ1) is 8.48. The van der Waals surface area contributed by atoms with Crippen molar-refractivity contribution in [2.75, 3.05) is 13.2 Å². The second-order valence-electron chi connectivity index (χ2n) is 5.49. The van der Waals surface area contributed by atoms with E-state index in [1.54, 1.807) is 0 Å². The molecule has 18 heavy (non-hydrogen) atoms. The van der Waals surface area contributed by atoms with Gasteiger partial charge in [-0.1, -0.05) is 0 Å². The second kappa shape index (κ2) is 7.10. The van der Waals surface area contributed by atoms with Gasteiger partial charge in [-0.25, -0.2) is 0 Å². The predicted molar refractivity (Wildman–Crippen MR) is 71.5 cm³/mol. The van der Waals surface area contributed by atoms with Crippen LogP contribution in [0.3, 0.4) is 0 Å². The Labute approximate surface area is 110 Å². The summed E-state index contributed by atoms with van der Waals surface area (Å²) in [5, 5.41) is 3.41. The highest BCUT2D eigenvalue weighted by Crippen LogP contribution is 2.25. The first-order valence-electron chi connectivity index (χ1n) is 7.04. The lowest BCUT2D eigenvalue weighted by Gasteiger charge is -2.28. The molecule has 1 rings (SSSR count). The molecule has 0 aliphatic heterocycles. The van der Waals surface area contributed by atoms with Crippen molar-refractivity contribution in [3.8, 4) is 0 Å². The number of carbonyl (C=O) groups is 1. The Morgan fingerprint density at radius 2 is 2.11 bits per heavy atom. The fourth-order valence-electron chi connectivity index (χ4n) is 1.95.